The molecule has 174 valence electrons. The van der Waals surface area contributed by atoms with Crippen molar-refractivity contribution in [3.8, 4) is 11.1 Å². The molecule has 1 aliphatic rings. The van der Waals surface area contributed by atoms with Gasteiger partial charge in [-0.1, -0.05) is 94.0 Å². The van der Waals surface area contributed by atoms with Crippen LogP contribution < -0.4 is 0 Å². The Morgan fingerprint density at radius 3 is 2.12 bits per heavy atom. The summed E-state index contributed by atoms with van der Waals surface area (Å²) in [6.07, 6.45) is 15.5. The van der Waals surface area contributed by atoms with Gasteiger partial charge >= 0.3 is 0 Å². The molecule has 0 heterocycles. The van der Waals surface area contributed by atoms with Crippen LogP contribution >= 0.6 is 0 Å². The molecule has 3 heteroatoms. The van der Waals surface area contributed by atoms with Crippen LogP contribution in [0, 0.1) is 11.6 Å². The quantitative estimate of drug-likeness (QED) is 0.304. The van der Waals surface area contributed by atoms with Gasteiger partial charge in [0.2, 0.25) is 0 Å². The largest absolute Gasteiger partial charge is 0.247 e. The highest BCUT2D eigenvalue weighted by Gasteiger charge is 2.22. The highest BCUT2D eigenvalue weighted by Crippen LogP contribution is 2.35. The monoisotopic (exact) mass is 442 g/mol. The van der Waals surface area contributed by atoms with Gasteiger partial charge in [0.15, 0.2) is 11.6 Å². The van der Waals surface area contributed by atoms with Crippen molar-refractivity contribution in [2.24, 2.45) is 0 Å². The molecule has 0 nitrogen and oxygen atoms in total. The Kier molecular flexibility index (Phi) is 9.89. The summed E-state index contributed by atoms with van der Waals surface area (Å²) in [4.78, 5) is 0. The van der Waals surface area contributed by atoms with E-state index in [1.54, 1.807) is 18.2 Å². The van der Waals surface area contributed by atoms with Crippen molar-refractivity contribution in [1.82, 2.24) is 0 Å². The molecule has 0 aliphatic heterocycles. The van der Waals surface area contributed by atoms with E-state index in [-0.39, 0.29) is 5.56 Å². The van der Waals surface area contributed by atoms with Gasteiger partial charge in [0.05, 0.1) is 0 Å². The molecule has 32 heavy (non-hydrogen) atoms. The molecule has 2 aromatic rings. The Hall–Kier alpha value is -2.03. The van der Waals surface area contributed by atoms with Crippen molar-refractivity contribution in [3.05, 3.63) is 65.2 Å². The molecule has 0 saturated heterocycles. The topological polar surface area (TPSA) is 0 Å². The maximum Gasteiger partial charge on any atom is 0.167 e. The average Bonchev–Trinajstić information content (AvgIpc) is 2.81. The third kappa shape index (κ3) is 6.98. The van der Waals surface area contributed by atoms with E-state index in [9.17, 15) is 13.2 Å². The Labute approximate surface area is 191 Å². The van der Waals surface area contributed by atoms with Crippen LogP contribution in [0.15, 0.2) is 42.5 Å². The Bertz CT molecular complexity index is 845. The lowest BCUT2D eigenvalue weighted by molar-refractivity contribution is 0.235. The number of benzene rings is 2. The first-order chi connectivity index (χ1) is 15.6. The summed E-state index contributed by atoms with van der Waals surface area (Å²) in [5.74, 6) is -1.22. The Morgan fingerprint density at radius 2 is 1.44 bits per heavy atom. The van der Waals surface area contributed by atoms with Crippen LogP contribution in [0.3, 0.4) is 0 Å². The molecule has 0 unspecified atom stereocenters. The first-order valence-corrected chi connectivity index (χ1v) is 12.5. The van der Waals surface area contributed by atoms with Crippen LogP contribution in [-0.2, 0) is 0 Å². The molecule has 0 spiro atoms. The SMILES string of the molecule is CCCCCCCCCC=Cc1ccc(-c2ccc([C@H]3CC[C@H](F)CC3)cc2)c(F)c1F. The van der Waals surface area contributed by atoms with Crippen LogP contribution in [0.25, 0.3) is 17.2 Å². The first kappa shape index (κ1) is 24.6. The van der Waals surface area contributed by atoms with Gasteiger partial charge in [0.25, 0.3) is 0 Å². The van der Waals surface area contributed by atoms with Gasteiger partial charge in [0.1, 0.15) is 6.17 Å². The maximum atomic E-state index is 14.8. The molecule has 0 atom stereocenters. The fraction of sp³-hybridized carbons (Fsp3) is 0.517. The van der Waals surface area contributed by atoms with Gasteiger partial charge in [-0.2, -0.15) is 0 Å². The van der Waals surface area contributed by atoms with Crippen molar-refractivity contribution >= 4 is 6.08 Å². The summed E-state index contributed by atoms with van der Waals surface area (Å²) < 4.78 is 42.8. The van der Waals surface area contributed by atoms with Crippen LogP contribution in [0.2, 0.25) is 0 Å². The highest BCUT2D eigenvalue weighted by molar-refractivity contribution is 5.67. The molecule has 0 aromatic heterocycles. The van der Waals surface area contributed by atoms with E-state index in [2.05, 4.69) is 6.92 Å². The molecule has 1 aliphatic carbocycles. The van der Waals surface area contributed by atoms with Crippen molar-refractivity contribution in [1.29, 1.82) is 0 Å². The zero-order valence-electron chi connectivity index (χ0n) is 19.4. The van der Waals surface area contributed by atoms with E-state index in [0.29, 0.717) is 29.9 Å². The maximum absolute atomic E-state index is 14.8. The summed E-state index contributed by atoms with van der Waals surface area (Å²) in [6, 6.07) is 11.0. The predicted molar refractivity (Wildman–Crippen MR) is 130 cm³/mol. The second-order valence-corrected chi connectivity index (χ2v) is 9.21. The molecule has 3 rings (SSSR count). The molecular weight excluding hydrogens is 405 g/mol. The minimum absolute atomic E-state index is 0.283. The normalized spacial score (nSPS) is 19.0. The molecular formula is C29H37F3. The summed E-state index contributed by atoms with van der Waals surface area (Å²) in [5, 5.41) is 0. The predicted octanol–water partition coefficient (Wildman–Crippen LogP) is 9.78. The standard InChI is InChI=1S/C29H37F3/c1-2-3-4-5-6-7-8-9-10-11-25-18-21-27(29(32)28(25)31)24-14-12-22(13-15-24)23-16-19-26(30)20-17-23/h10-15,18,21,23,26H,2-9,16-17,19-20H2,1H3/t23-,26-. The third-order valence-electron chi connectivity index (χ3n) is 6.73. The van der Waals surface area contributed by atoms with E-state index in [4.69, 9.17) is 0 Å². The van der Waals surface area contributed by atoms with Crippen molar-refractivity contribution < 1.29 is 13.2 Å². The second kappa shape index (κ2) is 12.9. The van der Waals surface area contributed by atoms with E-state index < -0.39 is 17.8 Å². The summed E-state index contributed by atoms with van der Waals surface area (Å²) in [7, 11) is 0. The van der Waals surface area contributed by atoms with Crippen LogP contribution in [0.1, 0.15) is 101 Å². The molecule has 1 saturated carbocycles. The van der Waals surface area contributed by atoms with E-state index in [1.165, 1.54) is 38.5 Å². The zero-order chi connectivity index (χ0) is 22.8. The molecule has 0 amide bonds. The lowest BCUT2D eigenvalue weighted by Crippen LogP contribution is -2.13. The molecule has 0 N–H and O–H groups in total. The number of hydrogen-bond donors (Lipinski definition) is 0. The number of allylic oxidation sites excluding steroid dienone is 1. The van der Waals surface area contributed by atoms with Crippen LogP contribution in [-0.4, -0.2) is 6.17 Å². The number of rotatable bonds is 11. The highest BCUT2D eigenvalue weighted by atomic mass is 19.2. The van der Waals surface area contributed by atoms with Gasteiger partial charge in [-0.15, -0.1) is 0 Å². The van der Waals surface area contributed by atoms with Crippen LogP contribution in [0.4, 0.5) is 13.2 Å². The summed E-state index contributed by atoms with van der Waals surface area (Å²) in [6.45, 7) is 2.22. The minimum atomic E-state index is -0.797. The first-order valence-electron chi connectivity index (χ1n) is 12.5. The fourth-order valence-electron chi connectivity index (χ4n) is 4.67. The number of unbranched alkanes of at least 4 members (excludes halogenated alkanes) is 7. The number of halogens is 3. The second-order valence-electron chi connectivity index (χ2n) is 9.21. The number of hydrogen-bond acceptors (Lipinski definition) is 0. The fourth-order valence-corrected chi connectivity index (χ4v) is 4.67. The minimum Gasteiger partial charge on any atom is -0.247 e. The van der Waals surface area contributed by atoms with Gasteiger partial charge in [-0.3, -0.25) is 0 Å². The molecule has 2 aromatic carbocycles. The van der Waals surface area contributed by atoms with E-state index >= 15 is 0 Å². The average molecular weight is 443 g/mol. The number of alkyl halides is 1. The summed E-state index contributed by atoms with van der Waals surface area (Å²) >= 11 is 0. The lowest BCUT2D eigenvalue weighted by Gasteiger charge is -2.24. The Morgan fingerprint density at radius 1 is 0.781 bits per heavy atom. The summed E-state index contributed by atoms with van der Waals surface area (Å²) in [5.41, 5.74) is 2.41. The Balaban J connectivity index is 1.55. The van der Waals surface area contributed by atoms with Crippen molar-refractivity contribution in [3.63, 3.8) is 0 Å². The van der Waals surface area contributed by atoms with Gasteiger partial charge in [-0.25, -0.2) is 13.2 Å². The third-order valence-corrected chi connectivity index (χ3v) is 6.73. The van der Waals surface area contributed by atoms with E-state index in [0.717, 1.165) is 31.2 Å². The smallest absolute Gasteiger partial charge is 0.167 e. The molecule has 0 bridgehead atoms. The van der Waals surface area contributed by atoms with Gasteiger partial charge in [0, 0.05) is 11.1 Å². The van der Waals surface area contributed by atoms with E-state index in [1.807, 2.05) is 30.3 Å². The molecule has 0 radical (unpaired) electrons. The van der Waals surface area contributed by atoms with Crippen molar-refractivity contribution in [2.75, 3.05) is 0 Å². The van der Waals surface area contributed by atoms with Crippen LogP contribution in [0.5, 0.6) is 0 Å². The lowest BCUT2D eigenvalue weighted by atomic mass is 9.83. The van der Waals surface area contributed by atoms with Gasteiger partial charge in [-0.05, 0) is 55.6 Å². The van der Waals surface area contributed by atoms with Gasteiger partial charge < -0.3 is 0 Å². The zero-order valence-corrected chi connectivity index (χ0v) is 19.4. The van der Waals surface area contributed by atoms with Crippen molar-refractivity contribution in [2.45, 2.75) is 96.1 Å². The molecule has 1 fully saturated rings.